The van der Waals surface area contributed by atoms with Crippen molar-refractivity contribution in [2.45, 2.75) is 44.8 Å². The van der Waals surface area contributed by atoms with E-state index in [1.54, 1.807) is 0 Å². The number of hydrogen-bond donors (Lipinski definition) is 1. The molecular weight excluding hydrogens is 527 g/mol. The Morgan fingerprint density at radius 1 is 1.18 bits per heavy atom. The largest absolute Gasteiger partial charge is 0.503 e. The van der Waals surface area contributed by atoms with Gasteiger partial charge in [-0.25, -0.2) is 22.8 Å². The number of fused-ring (bicyclic) bond motifs is 1. The highest BCUT2D eigenvalue weighted by atomic mass is 32.2. The summed E-state index contributed by atoms with van der Waals surface area (Å²) in [7, 11) is 1.58. The Hall–Kier alpha value is -2.80. The van der Waals surface area contributed by atoms with Crippen molar-refractivity contribution in [3.63, 3.8) is 0 Å². The number of phenolic OH excluding ortho intramolecular Hbond substituents is 1. The van der Waals surface area contributed by atoms with Gasteiger partial charge in [-0.1, -0.05) is 24.6 Å². The van der Waals surface area contributed by atoms with Gasteiger partial charge < -0.3 is 10.0 Å². The van der Waals surface area contributed by atoms with E-state index < -0.39 is 34.7 Å². The summed E-state index contributed by atoms with van der Waals surface area (Å²) >= 11 is 0. The second kappa shape index (κ2) is 10.1. The molecule has 2 aromatic heterocycles. The molecule has 1 aliphatic heterocycles. The molecule has 1 aliphatic carbocycles. The summed E-state index contributed by atoms with van der Waals surface area (Å²) < 4.78 is 72.6. The standard InChI is InChI=1S/C25H29F5N6OS/c1-4-38(3)36-9-8-35(13-15(36)10-14-6-5-7-14)24-31-12-17-21(33-34(2)23(17)32-24)16-11-18(25(28,29)30)20(27)22(37)19(16)26/h4,11-12,14-15,37H,5-10,13H2,1-3H3. The van der Waals surface area contributed by atoms with Crippen molar-refractivity contribution in [1.82, 2.24) is 24.1 Å². The normalized spacial score (nSPS) is 20.3. The Labute approximate surface area is 219 Å². The first kappa shape index (κ1) is 26.8. The SMILES string of the molecule is C/C=S(\C)N1CCN(c2ncc3c(-c4cc(C(F)(F)F)c(F)c(O)c4F)nn(C)c3n2)CC1CC1CCC1. The Balaban J connectivity index is 1.50. The van der Waals surface area contributed by atoms with Crippen molar-refractivity contribution in [3.8, 4) is 17.0 Å². The van der Waals surface area contributed by atoms with Crippen LogP contribution in [0.25, 0.3) is 22.3 Å². The molecule has 1 aromatic carbocycles. The molecule has 2 fully saturated rings. The Morgan fingerprint density at radius 3 is 2.55 bits per heavy atom. The Kier molecular flexibility index (Phi) is 7.10. The van der Waals surface area contributed by atoms with Crippen molar-refractivity contribution < 1.29 is 27.1 Å². The van der Waals surface area contributed by atoms with Gasteiger partial charge in [0.15, 0.2) is 23.0 Å². The number of phenols is 1. The van der Waals surface area contributed by atoms with Crippen molar-refractivity contribution in [2.75, 3.05) is 30.8 Å². The van der Waals surface area contributed by atoms with Crippen LogP contribution in [0.4, 0.5) is 27.9 Å². The third kappa shape index (κ3) is 4.74. The topological polar surface area (TPSA) is 70.3 Å². The molecule has 1 N–H and O–H groups in total. The minimum atomic E-state index is -5.13. The van der Waals surface area contributed by atoms with Crippen LogP contribution in [0.2, 0.25) is 0 Å². The first-order valence-electron chi connectivity index (χ1n) is 12.4. The number of rotatable bonds is 5. The molecule has 0 radical (unpaired) electrons. The summed E-state index contributed by atoms with van der Waals surface area (Å²) in [5.41, 5.74) is -2.39. The maximum Gasteiger partial charge on any atom is 0.419 e. The van der Waals surface area contributed by atoms with Gasteiger partial charge in [0.2, 0.25) is 5.95 Å². The third-order valence-corrected chi connectivity index (χ3v) is 9.46. The van der Waals surface area contributed by atoms with E-state index in [1.165, 1.54) is 37.2 Å². The number of nitrogens with zero attached hydrogens (tertiary/aromatic N) is 6. The fourth-order valence-electron chi connectivity index (χ4n) is 5.22. The van der Waals surface area contributed by atoms with E-state index in [1.807, 2.05) is 0 Å². The van der Waals surface area contributed by atoms with Crippen LogP contribution < -0.4 is 4.90 Å². The number of aryl methyl sites for hydroxylation is 1. The Bertz CT molecular complexity index is 1400. The van der Waals surface area contributed by atoms with E-state index >= 15 is 0 Å². The van der Waals surface area contributed by atoms with Crippen molar-refractivity contribution in [2.24, 2.45) is 13.0 Å². The zero-order valence-electron chi connectivity index (χ0n) is 21.3. The first-order chi connectivity index (χ1) is 18.0. The summed E-state index contributed by atoms with van der Waals surface area (Å²) in [6.07, 6.45) is 3.37. The molecule has 2 aliphatic rings. The van der Waals surface area contributed by atoms with Gasteiger partial charge in [0.25, 0.3) is 0 Å². The highest BCUT2D eigenvalue weighted by molar-refractivity contribution is 8.12. The molecule has 2 atom stereocenters. The van der Waals surface area contributed by atoms with E-state index in [0.29, 0.717) is 24.6 Å². The number of benzene rings is 1. The lowest BCUT2D eigenvalue weighted by Crippen LogP contribution is -2.52. The van der Waals surface area contributed by atoms with E-state index in [4.69, 9.17) is 0 Å². The molecule has 0 amide bonds. The lowest BCUT2D eigenvalue weighted by atomic mass is 9.80. The fourth-order valence-corrected chi connectivity index (χ4v) is 6.48. The smallest absolute Gasteiger partial charge is 0.419 e. The predicted octanol–water partition coefficient (Wildman–Crippen LogP) is 5.35. The molecule has 0 bridgehead atoms. The van der Waals surface area contributed by atoms with Crippen LogP contribution >= 0.6 is 10.7 Å². The van der Waals surface area contributed by atoms with Gasteiger partial charge >= 0.3 is 6.18 Å². The van der Waals surface area contributed by atoms with E-state index in [9.17, 15) is 27.1 Å². The fraction of sp³-hybridized carbons (Fsp3) is 0.520. The molecule has 3 aromatic rings. The van der Waals surface area contributed by atoms with Crippen molar-refractivity contribution in [1.29, 1.82) is 0 Å². The van der Waals surface area contributed by atoms with Crippen LogP contribution in [0.15, 0.2) is 12.3 Å². The maximum absolute atomic E-state index is 14.8. The maximum atomic E-state index is 14.8. The molecule has 1 saturated heterocycles. The first-order valence-corrected chi connectivity index (χ1v) is 14.1. The van der Waals surface area contributed by atoms with Gasteiger partial charge in [-0.05, 0) is 31.6 Å². The average molecular weight is 557 g/mol. The minimum absolute atomic E-state index is 0.0466. The van der Waals surface area contributed by atoms with Crippen LogP contribution in [0.5, 0.6) is 5.75 Å². The number of anilines is 1. The second-order valence-corrected chi connectivity index (χ2v) is 11.8. The van der Waals surface area contributed by atoms with Crippen molar-refractivity contribution in [3.05, 3.63) is 29.5 Å². The van der Waals surface area contributed by atoms with E-state index in [2.05, 4.69) is 42.8 Å². The zero-order chi connectivity index (χ0) is 27.4. The second-order valence-electron chi connectivity index (χ2n) is 9.86. The monoisotopic (exact) mass is 556 g/mol. The van der Waals surface area contributed by atoms with Gasteiger partial charge in [-0.2, -0.15) is 23.3 Å². The molecule has 1 saturated carbocycles. The number of aromatic hydroxyl groups is 1. The van der Waals surface area contributed by atoms with E-state index in [0.717, 1.165) is 25.4 Å². The van der Waals surface area contributed by atoms with Gasteiger partial charge in [0.05, 0.1) is 10.9 Å². The number of alkyl halides is 3. The molecule has 206 valence electrons. The summed E-state index contributed by atoms with van der Waals surface area (Å²) in [5.74, 6) is -4.12. The molecule has 5 rings (SSSR count). The summed E-state index contributed by atoms with van der Waals surface area (Å²) in [6.45, 7) is 4.37. The highest BCUT2D eigenvalue weighted by Gasteiger charge is 2.38. The van der Waals surface area contributed by atoms with Crippen LogP contribution in [0.1, 0.15) is 38.2 Å². The van der Waals surface area contributed by atoms with Gasteiger partial charge in [-0.15, -0.1) is 10.7 Å². The quantitative estimate of drug-likeness (QED) is 0.338. The lowest BCUT2D eigenvalue weighted by Gasteiger charge is -2.44. The molecular formula is C25H29F5N6OS. The van der Waals surface area contributed by atoms with Gasteiger partial charge in [-0.3, -0.25) is 0 Å². The van der Waals surface area contributed by atoms with Gasteiger partial charge in [0, 0.05) is 44.5 Å². The molecule has 7 nitrogen and oxygen atoms in total. The molecule has 38 heavy (non-hydrogen) atoms. The summed E-state index contributed by atoms with van der Waals surface area (Å²) in [4.78, 5) is 11.2. The number of hydrogen-bond acceptors (Lipinski definition) is 6. The van der Waals surface area contributed by atoms with Crippen LogP contribution in [0.3, 0.4) is 0 Å². The van der Waals surface area contributed by atoms with Crippen LogP contribution in [-0.4, -0.2) is 66.5 Å². The zero-order valence-corrected chi connectivity index (χ0v) is 22.1. The average Bonchev–Trinajstić information content (AvgIpc) is 3.19. The van der Waals surface area contributed by atoms with E-state index in [-0.39, 0.29) is 27.4 Å². The Morgan fingerprint density at radius 2 is 1.92 bits per heavy atom. The molecule has 0 spiro atoms. The number of halogens is 5. The summed E-state index contributed by atoms with van der Waals surface area (Å²) in [6, 6.07) is 0.661. The third-order valence-electron chi connectivity index (χ3n) is 7.56. The molecule has 13 heteroatoms. The lowest BCUT2D eigenvalue weighted by molar-refractivity contribution is -0.140. The molecule has 3 heterocycles. The number of aromatic nitrogens is 4. The van der Waals surface area contributed by atoms with Crippen LogP contribution in [-0.2, 0) is 13.2 Å². The van der Waals surface area contributed by atoms with Crippen LogP contribution in [0, 0.1) is 17.6 Å². The predicted molar refractivity (Wildman–Crippen MR) is 138 cm³/mol. The number of piperazine rings is 1. The summed E-state index contributed by atoms with van der Waals surface area (Å²) in [5, 5.41) is 16.3. The van der Waals surface area contributed by atoms with Gasteiger partial charge in [0.1, 0.15) is 5.69 Å². The van der Waals surface area contributed by atoms with Crippen molar-refractivity contribution >= 4 is 33.0 Å². The molecule has 2 unspecified atom stereocenters. The minimum Gasteiger partial charge on any atom is -0.503 e. The highest BCUT2D eigenvalue weighted by Crippen LogP contribution is 2.42.